The van der Waals surface area contributed by atoms with Crippen molar-refractivity contribution in [1.82, 2.24) is 0 Å². The van der Waals surface area contributed by atoms with Crippen LogP contribution in [0.1, 0.15) is 45.4 Å². The maximum Gasteiger partial charge on any atom is 2.00 e. The molecule has 56 valence electrons. The smallest absolute Gasteiger partial charge is 1.00 e. The minimum Gasteiger partial charge on any atom is -1.00 e. The Morgan fingerprint density at radius 1 is 1.10 bits per heavy atom. The maximum absolute atomic E-state index is 2.28. The zero-order chi connectivity index (χ0) is 5.82. The van der Waals surface area contributed by atoms with E-state index >= 15 is 0 Å². The predicted octanol–water partition coefficient (Wildman–Crippen LogP) is -0.442. The van der Waals surface area contributed by atoms with Crippen molar-refractivity contribution in [2.24, 2.45) is 0 Å². The third-order valence-electron chi connectivity index (χ3n) is 2.06. The van der Waals surface area contributed by atoms with Crippen LogP contribution < -0.4 is 12.4 Å². The molecule has 0 aromatic heterocycles. The summed E-state index contributed by atoms with van der Waals surface area (Å²) in [4.78, 5) is 0. The molecule has 0 bridgehead atoms. The van der Waals surface area contributed by atoms with E-state index in [4.69, 9.17) is 0 Å². The van der Waals surface area contributed by atoms with Crippen LogP contribution in [-0.4, -0.2) is 23.1 Å². The first-order valence-electron chi connectivity index (χ1n) is 3.77. The van der Waals surface area contributed by atoms with Crippen molar-refractivity contribution in [3.63, 3.8) is 0 Å². The molecule has 0 N–H and O–H groups in total. The first-order chi connectivity index (χ1) is 3.93. The van der Waals surface area contributed by atoms with E-state index in [1.807, 2.05) is 0 Å². The minimum atomic E-state index is 0. The van der Waals surface area contributed by atoms with Crippen molar-refractivity contribution in [1.29, 1.82) is 0 Å². The summed E-state index contributed by atoms with van der Waals surface area (Å²) in [5.41, 5.74) is 0. The molecule has 0 spiro atoms. The second-order valence-corrected chi connectivity index (χ2v) is 2.66. The van der Waals surface area contributed by atoms with E-state index in [0.29, 0.717) is 0 Å². The van der Waals surface area contributed by atoms with E-state index in [9.17, 15) is 0 Å². The van der Waals surface area contributed by atoms with Crippen molar-refractivity contribution >= 4 is 23.1 Å². The summed E-state index contributed by atoms with van der Waals surface area (Å²) in [5, 5.41) is 0. The first kappa shape index (κ1) is 13.6. The molecule has 0 aromatic carbocycles. The molecular weight excluding hydrogens is 156 g/mol. The van der Waals surface area contributed by atoms with Crippen LogP contribution in [0.5, 0.6) is 0 Å². The van der Waals surface area contributed by atoms with Gasteiger partial charge in [0.2, 0.25) is 0 Å². The summed E-state index contributed by atoms with van der Waals surface area (Å²) in [6, 6.07) is 0. The van der Waals surface area contributed by atoms with Gasteiger partial charge in [-0.25, -0.2) is 0 Å². The largest absolute Gasteiger partial charge is 2.00 e. The zero-order valence-corrected chi connectivity index (χ0v) is 9.00. The van der Waals surface area contributed by atoms with Crippen molar-refractivity contribution in [2.75, 3.05) is 0 Å². The van der Waals surface area contributed by atoms with Gasteiger partial charge < -0.3 is 18.3 Å². The van der Waals surface area contributed by atoms with Gasteiger partial charge in [0, 0.05) is 0 Å². The van der Waals surface area contributed by atoms with E-state index in [2.05, 4.69) is 6.92 Å². The van der Waals surface area contributed by atoms with Gasteiger partial charge in [-0.05, 0) is 0 Å². The molecule has 1 fully saturated rings. The summed E-state index contributed by atoms with van der Waals surface area (Å²) in [5.74, 6) is 1.80. The van der Waals surface area contributed by atoms with Gasteiger partial charge in [0.25, 0.3) is 0 Å². The summed E-state index contributed by atoms with van der Waals surface area (Å²) in [7, 11) is 0. The van der Waals surface area contributed by atoms with Crippen LogP contribution in [0.3, 0.4) is 0 Å². The van der Waals surface area contributed by atoms with E-state index in [-0.39, 0.29) is 35.5 Å². The van der Waals surface area contributed by atoms with Crippen LogP contribution in [0.4, 0.5) is 0 Å². The van der Waals surface area contributed by atoms with E-state index in [0.717, 1.165) is 0 Å². The Balaban J connectivity index is 0. The molecule has 10 heavy (non-hydrogen) atoms. The van der Waals surface area contributed by atoms with Crippen LogP contribution in [0.2, 0.25) is 0 Å². The van der Waals surface area contributed by atoms with Gasteiger partial charge in [0.1, 0.15) is 0 Å². The van der Waals surface area contributed by atoms with Crippen LogP contribution in [0, 0.1) is 5.92 Å². The Bertz CT molecular complexity index is 60.3. The molecule has 0 unspecified atom stereocenters. The number of hydrogen-bond acceptors (Lipinski definition) is 0. The van der Waals surface area contributed by atoms with Gasteiger partial charge in [0.15, 0.2) is 0 Å². The normalized spacial score (nSPS) is 18.9. The molecule has 0 radical (unpaired) electrons. The molecular formula is C8H15ClMg. The topological polar surface area (TPSA) is 0 Å². The Labute approximate surface area is 86.7 Å². The molecule has 1 aliphatic rings. The maximum atomic E-state index is 2.28. The fourth-order valence-corrected chi connectivity index (χ4v) is 1.41. The third kappa shape index (κ3) is 4.81. The Hall–Kier alpha value is 1.06. The number of halogens is 1. The average molecular weight is 171 g/mol. The van der Waals surface area contributed by atoms with Gasteiger partial charge >= 0.3 is 23.1 Å². The number of hydrogen-bond donors (Lipinski definition) is 0. The van der Waals surface area contributed by atoms with Gasteiger partial charge in [0.05, 0.1) is 0 Å². The van der Waals surface area contributed by atoms with Gasteiger partial charge in [-0.2, -0.15) is 19.3 Å². The molecule has 0 atom stereocenters. The molecule has 0 amide bonds. The Kier molecular flexibility index (Phi) is 11.1. The van der Waals surface area contributed by atoms with E-state index < -0.39 is 0 Å². The fraction of sp³-hybridized carbons (Fsp3) is 0.875. The van der Waals surface area contributed by atoms with E-state index in [1.165, 1.54) is 38.5 Å². The summed E-state index contributed by atoms with van der Waals surface area (Å²) in [6.45, 7) is 2.28. The molecule has 1 aliphatic carbocycles. The number of rotatable bonds is 1. The van der Waals surface area contributed by atoms with E-state index in [1.54, 1.807) is 5.92 Å². The van der Waals surface area contributed by atoms with Gasteiger partial charge in [-0.3, -0.25) is 0 Å². The second kappa shape index (κ2) is 8.16. The van der Waals surface area contributed by atoms with Gasteiger partial charge in [-0.1, -0.05) is 26.2 Å². The average Bonchev–Trinajstić information content (AvgIpc) is 1.90. The molecule has 0 heterocycles. The molecule has 2 heteroatoms. The van der Waals surface area contributed by atoms with Crippen LogP contribution in [0.15, 0.2) is 0 Å². The molecule has 0 nitrogen and oxygen atoms in total. The first-order valence-corrected chi connectivity index (χ1v) is 3.77. The summed E-state index contributed by atoms with van der Waals surface area (Å²) >= 11 is 0. The quantitative estimate of drug-likeness (QED) is 0.370. The van der Waals surface area contributed by atoms with Crippen LogP contribution in [0.25, 0.3) is 0 Å². The zero-order valence-electron chi connectivity index (χ0n) is 6.83. The molecule has 0 saturated heterocycles. The Morgan fingerprint density at radius 2 is 1.60 bits per heavy atom. The van der Waals surface area contributed by atoms with Crippen LogP contribution >= 0.6 is 0 Å². The van der Waals surface area contributed by atoms with Crippen molar-refractivity contribution in [2.45, 2.75) is 45.4 Å². The van der Waals surface area contributed by atoms with Crippen molar-refractivity contribution in [3.8, 4) is 0 Å². The fourth-order valence-electron chi connectivity index (χ4n) is 1.41. The molecule has 0 aromatic rings. The van der Waals surface area contributed by atoms with Gasteiger partial charge in [-0.15, -0.1) is 0 Å². The third-order valence-corrected chi connectivity index (χ3v) is 2.06. The van der Waals surface area contributed by atoms with Crippen molar-refractivity contribution in [3.05, 3.63) is 5.92 Å². The molecule has 1 saturated carbocycles. The summed E-state index contributed by atoms with van der Waals surface area (Å²) in [6.07, 6.45) is 8.59. The SMILES string of the molecule is CC[C-]1CCCCC1.[Cl-].[Mg+2]. The second-order valence-electron chi connectivity index (χ2n) is 2.66. The predicted molar refractivity (Wildman–Crippen MR) is 42.4 cm³/mol. The minimum absolute atomic E-state index is 0. The van der Waals surface area contributed by atoms with Crippen LogP contribution in [-0.2, 0) is 0 Å². The summed E-state index contributed by atoms with van der Waals surface area (Å²) < 4.78 is 0. The van der Waals surface area contributed by atoms with Crippen molar-refractivity contribution < 1.29 is 12.4 Å². The standard InChI is InChI=1S/C8H15.ClH.Mg/c1-2-8-6-4-3-5-7-8;;/h2-7H2,1H3;1H;/q-1;;+2/p-1. The monoisotopic (exact) mass is 170 g/mol. The molecule has 1 rings (SSSR count). The Morgan fingerprint density at radius 3 is 1.90 bits per heavy atom. The molecule has 0 aliphatic heterocycles.